The molecule has 0 radical (unpaired) electrons. The maximum Gasteiger partial charge on any atom is 0.0811 e. The minimum atomic E-state index is -0.595. The van der Waals surface area contributed by atoms with Crippen LogP contribution in [-0.4, -0.2) is 22.4 Å². The van der Waals surface area contributed by atoms with Crippen LogP contribution in [0.5, 0.6) is 0 Å². The van der Waals surface area contributed by atoms with Crippen LogP contribution in [0.1, 0.15) is 91.9 Å². The van der Waals surface area contributed by atoms with Gasteiger partial charge in [0.2, 0.25) is 0 Å². The van der Waals surface area contributed by atoms with Crippen molar-refractivity contribution in [2.45, 2.75) is 104 Å². The van der Waals surface area contributed by atoms with Crippen molar-refractivity contribution in [3.8, 4) is 0 Å². The van der Waals surface area contributed by atoms with Gasteiger partial charge in [0.25, 0.3) is 0 Å². The molecule has 0 heterocycles. The zero-order valence-electron chi connectivity index (χ0n) is 19.3. The van der Waals surface area contributed by atoms with Crippen molar-refractivity contribution in [1.29, 1.82) is 0 Å². The molecule has 3 aliphatic rings. The van der Waals surface area contributed by atoms with E-state index in [1.54, 1.807) is 5.57 Å². The standard InChI is InChI=1S/C27H44O2/c1-18(2)8-6-9-19(3)24-13-14-25-21(10-7-15-27(24,25)5)11-12-22-16-23(28)17-26(29)20(22)4/h11-12,18-19,23-26,28-29H,4,6-10,13-17H2,1-3,5H3/b21-11-,22-12-/t19-,23+,24+,25+,26-,27+/m0/s1. The van der Waals surface area contributed by atoms with Gasteiger partial charge in [-0.25, -0.2) is 0 Å². The van der Waals surface area contributed by atoms with Crippen LogP contribution in [-0.2, 0) is 0 Å². The molecular formula is C27H44O2. The molecule has 0 aromatic carbocycles. The molecule has 0 bridgehead atoms. The summed E-state index contributed by atoms with van der Waals surface area (Å²) in [5.41, 5.74) is 3.88. The third-order valence-electron chi connectivity index (χ3n) is 8.43. The van der Waals surface area contributed by atoms with Crippen molar-refractivity contribution in [2.75, 3.05) is 0 Å². The van der Waals surface area contributed by atoms with Gasteiger partial charge >= 0.3 is 0 Å². The van der Waals surface area contributed by atoms with Gasteiger partial charge in [-0.1, -0.05) is 71.3 Å². The fourth-order valence-electron chi connectivity index (χ4n) is 6.73. The number of fused-ring (bicyclic) bond motifs is 1. The molecule has 0 aromatic heterocycles. The summed E-state index contributed by atoms with van der Waals surface area (Å²) in [4.78, 5) is 0. The Morgan fingerprint density at radius 1 is 1.14 bits per heavy atom. The molecule has 0 amide bonds. The molecule has 0 spiro atoms. The highest BCUT2D eigenvalue weighted by Crippen LogP contribution is 2.59. The molecule has 164 valence electrons. The first-order valence-electron chi connectivity index (χ1n) is 12.2. The number of hydrogen-bond donors (Lipinski definition) is 2. The second-order valence-electron chi connectivity index (χ2n) is 11.0. The second kappa shape index (κ2) is 9.52. The summed E-state index contributed by atoms with van der Waals surface area (Å²) in [5.74, 6) is 3.20. The highest BCUT2D eigenvalue weighted by atomic mass is 16.3. The molecule has 0 aliphatic heterocycles. The average Bonchev–Trinajstić information content (AvgIpc) is 3.00. The minimum Gasteiger partial charge on any atom is -0.393 e. The lowest BCUT2D eigenvalue weighted by Gasteiger charge is -2.44. The van der Waals surface area contributed by atoms with Gasteiger partial charge < -0.3 is 10.2 Å². The zero-order valence-corrected chi connectivity index (χ0v) is 19.3. The van der Waals surface area contributed by atoms with Gasteiger partial charge in [0.05, 0.1) is 12.2 Å². The Labute approximate surface area is 179 Å². The summed E-state index contributed by atoms with van der Waals surface area (Å²) in [6, 6.07) is 0. The van der Waals surface area contributed by atoms with E-state index in [0.717, 1.165) is 28.9 Å². The smallest absolute Gasteiger partial charge is 0.0811 e. The van der Waals surface area contributed by atoms with Crippen molar-refractivity contribution in [3.05, 3.63) is 35.5 Å². The largest absolute Gasteiger partial charge is 0.393 e. The van der Waals surface area contributed by atoms with Gasteiger partial charge in [0.15, 0.2) is 0 Å². The fraction of sp³-hybridized carbons (Fsp3) is 0.778. The van der Waals surface area contributed by atoms with E-state index in [0.29, 0.717) is 24.2 Å². The summed E-state index contributed by atoms with van der Waals surface area (Å²) in [6.07, 6.45) is 15.2. The highest BCUT2D eigenvalue weighted by molar-refractivity contribution is 5.38. The van der Waals surface area contributed by atoms with E-state index < -0.39 is 12.2 Å². The number of aliphatic hydroxyl groups is 2. The molecule has 3 fully saturated rings. The van der Waals surface area contributed by atoms with Crippen LogP contribution in [0.4, 0.5) is 0 Å². The summed E-state index contributed by atoms with van der Waals surface area (Å²) in [7, 11) is 0. The van der Waals surface area contributed by atoms with Crippen LogP contribution in [0.15, 0.2) is 35.5 Å². The third kappa shape index (κ3) is 5.07. The Balaban J connectivity index is 1.71. The quantitative estimate of drug-likeness (QED) is 0.528. The van der Waals surface area contributed by atoms with Gasteiger partial charge in [0.1, 0.15) is 0 Å². The lowest BCUT2D eigenvalue weighted by atomic mass is 9.60. The minimum absolute atomic E-state index is 0.420. The van der Waals surface area contributed by atoms with Gasteiger partial charge in [-0.3, -0.25) is 0 Å². The first-order valence-corrected chi connectivity index (χ1v) is 12.2. The first-order chi connectivity index (χ1) is 13.7. The van der Waals surface area contributed by atoms with Crippen molar-refractivity contribution in [1.82, 2.24) is 0 Å². The molecule has 3 saturated carbocycles. The number of hydrogen-bond acceptors (Lipinski definition) is 2. The summed E-state index contributed by atoms with van der Waals surface area (Å²) >= 11 is 0. The van der Waals surface area contributed by atoms with E-state index >= 15 is 0 Å². The SMILES string of the molecule is C=C1/C(=C\C=C2\CCC[C@@]3(C)[C@@H]2CC[C@@H]3[C@@H](C)CCCC(C)C)C[C@@H](O)C[C@@H]1O. The van der Waals surface area contributed by atoms with E-state index in [1.165, 1.54) is 51.4 Å². The number of aliphatic hydroxyl groups excluding tert-OH is 2. The van der Waals surface area contributed by atoms with E-state index in [-0.39, 0.29) is 0 Å². The molecule has 2 N–H and O–H groups in total. The summed E-state index contributed by atoms with van der Waals surface area (Å²) in [5, 5.41) is 20.2. The van der Waals surface area contributed by atoms with Crippen LogP contribution >= 0.6 is 0 Å². The van der Waals surface area contributed by atoms with Gasteiger partial charge in [-0.2, -0.15) is 0 Å². The lowest BCUT2D eigenvalue weighted by Crippen LogP contribution is -2.36. The monoisotopic (exact) mass is 400 g/mol. The Morgan fingerprint density at radius 2 is 1.90 bits per heavy atom. The highest BCUT2D eigenvalue weighted by Gasteiger charge is 2.50. The van der Waals surface area contributed by atoms with Crippen molar-refractivity contribution in [2.24, 2.45) is 29.1 Å². The predicted molar refractivity (Wildman–Crippen MR) is 123 cm³/mol. The molecule has 3 rings (SSSR count). The Morgan fingerprint density at radius 3 is 2.62 bits per heavy atom. The Bertz CT molecular complexity index is 643. The molecule has 0 unspecified atom stereocenters. The first kappa shape index (κ1) is 22.8. The molecule has 2 nitrogen and oxygen atoms in total. The van der Waals surface area contributed by atoms with Crippen molar-refractivity contribution < 1.29 is 10.2 Å². The Kier molecular flexibility index (Phi) is 7.49. The molecule has 0 aromatic rings. The molecule has 6 atom stereocenters. The maximum absolute atomic E-state index is 10.1. The van der Waals surface area contributed by atoms with Crippen molar-refractivity contribution >= 4 is 0 Å². The van der Waals surface area contributed by atoms with Gasteiger partial charge in [-0.15, -0.1) is 0 Å². The number of allylic oxidation sites excluding steroid dienone is 3. The van der Waals surface area contributed by atoms with Gasteiger partial charge in [0, 0.05) is 6.42 Å². The number of rotatable bonds is 6. The van der Waals surface area contributed by atoms with Crippen LogP contribution in [0.3, 0.4) is 0 Å². The van der Waals surface area contributed by atoms with Crippen LogP contribution in [0, 0.1) is 29.1 Å². The van der Waals surface area contributed by atoms with Gasteiger partial charge in [-0.05, 0) is 78.8 Å². The molecule has 0 saturated heterocycles. The topological polar surface area (TPSA) is 40.5 Å². The van der Waals surface area contributed by atoms with Crippen LogP contribution in [0.25, 0.3) is 0 Å². The van der Waals surface area contributed by atoms with E-state index in [2.05, 4.69) is 46.4 Å². The van der Waals surface area contributed by atoms with E-state index in [1.807, 2.05) is 0 Å². The van der Waals surface area contributed by atoms with Crippen LogP contribution < -0.4 is 0 Å². The second-order valence-corrected chi connectivity index (χ2v) is 11.0. The third-order valence-corrected chi connectivity index (χ3v) is 8.43. The molecule has 2 heteroatoms. The van der Waals surface area contributed by atoms with Crippen molar-refractivity contribution in [3.63, 3.8) is 0 Å². The summed E-state index contributed by atoms with van der Waals surface area (Å²) < 4.78 is 0. The Hall–Kier alpha value is -0.860. The molecule has 29 heavy (non-hydrogen) atoms. The fourth-order valence-corrected chi connectivity index (χ4v) is 6.73. The van der Waals surface area contributed by atoms with E-state index in [4.69, 9.17) is 0 Å². The summed E-state index contributed by atoms with van der Waals surface area (Å²) in [6.45, 7) is 13.8. The predicted octanol–water partition coefficient (Wildman–Crippen LogP) is 6.59. The molecular weight excluding hydrogens is 356 g/mol. The zero-order chi connectivity index (χ0) is 21.2. The average molecular weight is 401 g/mol. The maximum atomic E-state index is 10.1. The van der Waals surface area contributed by atoms with Crippen LogP contribution in [0.2, 0.25) is 0 Å². The lowest BCUT2D eigenvalue weighted by molar-refractivity contribution is 0.0861. The normalized spacial score (nSPS) is 39.3. The van der Waals surface area contributed by atoms with E-state index in [9.17, 15) is 10.2 Å². The molecule has 3 aliphatic carbocycles.